The van der Waals surface area contributed by atoms with Gasteiger partial charge in [0.1, 0.15) is 12.4 Å². The summed E-state index contributed by atoms with van der Waals surface area (Å²) in [6.45, 7) is 6.00. The molecule has 172 valence electrons. The Morgan fingerprint density at radius 1 is 1.03 bits per heavy atom. The van der Waals surface area contributed by atoms with Crippen molar-refractivity contribution in [2.75, 3.05) is 7.11 Å². The molecule has 0 aromatic heterocycles. The molecule has 0 amide bonds. The van der Waals surface area contributed by atoms with Crippen LogP contribution in [-0.4, -0.2) is 12.6 Å². The van der Waals surface area contributed by atoms with E-state index in [0.29, 0.717) is 21.6 Å². The second-order valence-corrected chi connectivity index (χ2v) is 11.6. The van der Waals surface area contributed by atoms with Gasteiger partial charge in [0.05, 0.1) is 12.1 Å². The molecule has 0 heterocycles. The third kappa shape index (κ3) is 4.12. The van der Waals surface area contributed by atoms with E-state index in [-0.39, 0.29) is 18.0 Å². The largest absolute Gasteiger partial charge is 0.493 e. The first-order chi connectivity index (χ1) is 15.2. The molecule has 0 aliphatic heterocycles. The summed E-state index contributed by atoms with van der Waals surface area (Å²) in [6.07, 6.45) is 7.94. The second kappa shape index (κ2) is 7.92. The van der Waals surface area contributed by atoms with Crippen LogP contribution < -0.4 is 14.8 Å². The molecule has 2 aromatic rings. The lowest BCUT2D eigenvalue weighted by atomic mass is 9.43. The Morgan fingerprint density at radius 2 is 1.78 bits per heavy atom. The number of ether oxygens (including phenoxy) is 2. The smallest absolute Gasteiger partial charge is 0.166 e. The van der Waals surface area contributed by atoms with Crippen molar-refractivity contribution in [3.63, 3.8) is 0 Å². The maximum absolute atomic E-state index is 13.4. The van der Waals surface area contributed by atoms with Crippen LogP contribution in [0.3, 0.4) is 0 Å². The van der Waals surface area contributed by atoms with Gasteiger partial charge in [-0.2, -0.15) is 0 Å². The Kier molecular flexibility index (Phi) is 5.45. The average Bonchev–Trinajstić information content (AvgIpc) is 2.69. The zero-order chi connectivity index (χ0) is 22.6. The minimum Gasteiger partial charge on any atom is -0.493 e. The number of methoxy groups -OCH3 is 1. The van der Waals surface area contributed by atoms with Crippen molar-refractivity contribution >= 4 is 11.6 Å². The van der Waals surface area contributed by atoms with Crippen molar-refractivity contribution in [2.45, 2.75) is 71.1 Å². The highest BCUT2D eigenvalue weighted by atomic mass is 35.5. The van der Waals surface area contributed by atoms with Crippen LogP contribution in [0.5, 0.6) is 11.5 Å². The number of hydrogen-bond donors (Lipinski definition) is 1. The van der Waals surface area contributed by atoms with E-state index in [2.05, 4.69) is 25.2 Å². The summed E-state index contributed by atoms with van der Waals surface area (Å²) in [5.74, 6) is 1.92. The summed E-state index contributed by atoms with van der Waals surface area (Å²) in [5, 5.41) is 4.36. The third-order valence-electron chi connectivity index (χ3n) is 7.95. The van der Waals surface area contributed by atoms with Gasteiger partial charge in [-0.25, -0.2) is 4.39 Å². The van der Waals surface area contributed by atoms with Crippen LogP contribution in [-0.2, 0) is 13.2 Å². The molecule has 3 nitrogen and oxygen atoms in total. The van der Waals surface area contributed by atoms with Gasteiger partial charge < -0.3 is 14.8 Å². The molecule has 5 heteroatoms. The number of rotatable bonds is 7. The molecule has 0 radical (unpaired) electrons. The van der Waals surface area contributed by atoms with Crippen LogP contribution in [0.2, 0.25) is 5.02 Å². The number of hydrogen-bond acceptors (Lipinski definition) is 3. The third-order valence-corrected chi connectivity index (χ3v) is 8.30. The monoisotopic (exact) mass is 457 g/mol. The molecule has 4 atom stereocenters. The number of nitrogens with one attached hydrogen (secondary N) is 1. The quantitative estimate of drug-likeness (QED) is 0.490. The average molecular weight is 458 g/mol. The molecule has 4 aliphatic carbocycles. The van der Waals surface area contributed by atoms with Gasteiger partial charge in [-0.1, -0.05) is 43.6 Å². The first kappa shape index (κ1) is 22.0. The number of benzene rings is 2. The summed E-state index contributed by atoms with van der Waals surface area (Å²) < 4.78 is 25.2. The highest BCUT2D eigenvalue weighted by Crippen LogP contribution is 2.66. The molecule has 4 bridgehead atoms. The fourth-order valence-electron chi connectivity index (χ4n) is 7.74. The predicted octanol–water partition coefficient (Wildman–Crippen LogP) is 6.91. The maximum atomic E-state index is 13.4. The SMILES string of the molecule is COc1cccc(CNC23CC4C[C@@](C)(C2)C[C@](C)(C4)C3)c1OCc1ccc(F)cc1Cl. The number of halogens is 2. The van der Waals surface area contributed by atoms with Crippen LogP contribution in [0.4, 0.5) is 4.39 Å². The van der Waals surface area contributed by atoms with E-state index in [4.69, 9.17) is 21.1 Å². The standard InChI is InChI=1S/C27H33ClFNO2/c1-25-10-18-11-26(2,15-25)17-27(12-18,16-25)30-13-19-5-4-6-23(31-3)24(19)32-14-20-7-8-21(29)9-22(20)28/h4-9,18,30H,10-17H2,1-3H3/t18?,25-,26+,27?. The molecule has 32 heavy (non-hydrogen) atoms. The van der Waals surface area contributed by atoms with E-state index in [1.807, 2.05) is 12.1 Å². The van der Waals surface area contributed by atoms with Crippen molar-refractivity contribution in [2.24, 2.45) is 16.7 Å². The molecule has 1 N–H and O–H groups in total. The summed E-state index contributed by atoms with van der Waals surface area (Å²) in [6, 6.07) is 10.4. The highest BCUT2D eigenvalue weighted by molar-refractivity contribution is 6.31. The van der Waals surface area contributed by atoms with Crippen molar-refractivity contribution in [3.8, 4) is 11.5 Å². The van der Waals surface area contributed by atoms with Crippen molar-refractivity contribution < 1.29 is 13.9 Å². The van der Waals surface area contributed by atoms with Gasteiger partial charge in [0.15, 0.2) is 11.5 Å². The van der Waals surface area contributed by atoms with Gasteiger partial charge in [-0.05, 0) is 73.5 Å². The van der Waals surface area contributed by atoms with E-state index >= 15 is 0 Å². The maximum Gasteiger partial charge on any atom is 0.166 e. The lowest BCUT2D eigenvalue weighted by molar-refractivity contribution is -0.118. The van der Waals surface area contributed by atoms with Crippen LogP contribution >= 0.6 is 11.6 Å². The lowest BCUT2D eigenvalue weighted by Gasteiger charge is -2.65. The predicted molar refractivity (Wildman–Crippen MR) is 126 cm³/mol. The van der Waals surface area contributed by atoms with Gasteiger partial charge in [0, 0.05) is 23.2 Å². The van der Waals surface area contributed by atoms with Gasteiger partial charge >= 0.3 is 0 Å². The summed E-state index contributed by atoms with van der Waals surface area (Å²) in [5.41, 5.74) is 2.97. The minimum absolute atomic E-state index is 0.212. The summed E-state index contributed by atoms with van der Waals surface area (Å²) in [7, 11) is 1.66. The molecular weight excluding hydrogens is 425 g/mol. The molecule has 4 fully saturated rings. The molecule has 0 spiro atoms. The van der Waals surface area contributed by atoms with Gasteiger partial charge in [-0.15, -0.1) is 0 Å². The normalized spacial score (nSPS) is 32.8. The van der Waals surface area contributed by atoms with E-state index in [9.17, 15) is 4.39 Å². The molecule has 2 aromatic carbocycles. The van der Waals surface area contributed by atoms with Gasteiger partial charge in [-0.3, -0.25) is 0 Å². The first-order valence-corrected chi connectivity index (χ1v) is 12.1. The zero-order valence-corrected chi connectivity index (χ0v) is 20.0. The Labute approximate surface area is 195 Å². The molecule has 6 rings (SSSR count). The second-order valence-electron chi connectivity index (χ2n) is 11.2. The summed E-state index contributed by atoms with van der Waals surface area (Å²) >= 11 is 6.21. The van der Waals surface area contributed by atoms with Crippen LogP contribution in [0, 0.1) is 22.6 Å². The first-order valence-electron chi connectivity index (χ1n) is 11.7. The van der Waals surface area contributed by atoms with Crippen LogP contribution in [0.25, 0.3) is 0 Å². The highest BCUT2D eigenvalue weighted by Gasteiger charge is 2.59. The van der Waals surface area contributed by atoms with Gasteiger partial charge in [0.25, 0.3) is 0 Å². The Morgan fingerprint density at radius 3 is 2.44 bits per heavy atom. The van der Waals surface area contributed by atoms with Crippen LogP contribution in [0.15, 0.2) is 36.4 Å². The van der Waals surface area contributed by atoms with E-state index in [0.717, 1.165) is 29.3 Å². The van der Waals surface area contributed by atoms with E-state index < -0.39 is 0 Å². The Hall–Kier alpha value is -1.78. The van der Waals surface area contributed by atoms with Gasteiger partial charge in [0.2, 0.25) is 0 Å². The number of para-hydroxylation sites is 1. The topological polar surface area (TPSA) is 30.5 Å². The van der Waals surface area contributed by atoms with E-state index in [1.165, 1.54) is 50.7 Å². The van der Waals surface area contributed by atoms with Crippen LogP contribution in [0.1, 0.15) is 63.5 Å². The lowest BCUT2D eigenvalue weighted by Crippen LogP contribution is -2.63. The fourth-order valence-corrected chi connectivity index (χ4v) is 7.96. The van der Waals surface area contributed by atoms with E-state index in [1.54, 1.807) is 13.2 Å². The van der Waals surface area contributed by atoms with Crippen molar-refractivity contribution in [1.82, 2.24) is 5.32 Å². The molecule has 2 unspecified atom stereocenters. The molecular formula is C27H33ClFNO2. The van der Waals surface area contributed by atoms with Crippen molar-refractivity contribution in [1.29, 1.82) is 0 Å². The molecule has 4 aliphatic rings. The van der Waals surface area contributed by atoms with Crippen molar-refractivity contribution in [3.05, 3.63) is 58.4 Å². The molecule has 4 saturated carbocycles. The minimum atomic E-state index is -0.348. The Bertz CT molecular complexity index is 1010. The zero-order valence-electron chi connectivity index (χ0n) is 19.3. The summed E-state index contributed by atoms with van der Waals surface area (Å²) in [4.78, 5) is 0. The fraction of sp³-hybridized carbons (Fsp3) is 0.556. The Balaban J connectivity index is 1.35. The molecule has 0 saturated heterocycles.